The van der Waals surface area contributed by atoms with Crippen LogP contribution >= 0.6 is 0 Å². The van der Waals surface area contributed by atoms with Gasteiger partial charge in [-0.25, -0.2) is 0 Å². The van der Waals surface area contributed by atoms with Gasteiger partial charge in [-0.05, 0) is 13.8 Å². The first kappa shape index (κ1) is 10.4. The number of aliphatic hydroxyl groups is 1. The topological polar surface area (TPSA) is 58.6 Å². The molecule has 0 spiro atoms. The molecule has 0 saturated heterocycles. The van der Waals surface area contributed by atoms with Crippen molar-refractivity contribution in [2.45, 2.75) is 20.0 Å². The highest BCUT2D eigenvalue weighted by atomic mass is 16.5. The summed E-state index contributed by atoms with van der Waals surface area (Å²) in [5.41, 5.74) is 0. The van der Waals surface area contributed by atoms with Gasteiger partial charge in [0.25, 0.3) is 0 Å². The summed E-state index contributed by atoms with van der Waals surface area (Å²) < 4.78 is 5.01. The maximum atomic E-state index is 10.8. The highest BCUT2D eigenvalue weighted by Crippen LogP contribution is 1.85. The van der Waals surface area contributed by atoms with E-state index in [1.54, 1.807) is 0 Å². The van der Waals surface area contributed by atoms with Gasteiger partial charge in [0.1, 0.15) is 6.61 Å². The molecule has 11 heavy (non-hydrogen) atoms. The molecule has 0 saturated carbocycles. The zero-order chi connectivity index (χ0) is 8.69. The Morgan fingerprint density at radius 1 is 1.64 bits per heavy atom. The molecule has 0 aliphatic heterocycles. The Bertz CT molecular complexity index is 114. The first-order valence-corrected chi connectivity index (χ1v) is 3.66. The third kappa shape index (κ3) is 7.29. The zero-order valence-corrected chi connectivity index (χ0v) is 6.96. The fourth-order valence-corrected chi connectivity index (χ4v) is 0.489. The van der Waals surface area contributed by atoms with Crippen LogP contribution in [0.4, 0.5) is 0 Å². The maximum absolute atomic E-state index is 10.8. The molecule has 2 N–H and O–H groups in total. The lowest BCUT2D eigenvalue weighted by Crippen LogP contribution is -2.30. The highest BCUT2D eigenvalue weighted by molar-refractivity contribution is 5.77. The predicted molar refractivity (Wildman–Crippen MR) is 41.2 cm³/mol. The molecule has 0 unspecified atom stereocenters. The van der Waals surface area contributed by atoms with Gasteiger partial charge in [-0.15, -0.1) is 0 Å². The maximum Gasteiger partial charge on any atom is 0.246 e. The Balaban J connectivity index is 3.23. The molecule has 0 aliphatic carbocycles. The molecule has 0 aromatic heterocycles. The first-order valence-electron chi connectivity index (χ1n) is 3.66. The average Bonchev–Trinajstić information content (AvgIpc) is 1.97. The van der Waals surface area contributed by atoms with E-state index in [9.17, 15) is 4.79 Å². The van der Waals surface area contributed by atoms with Gasteiger partial charge in [-0.1, -0.05) is 0 Å². The summed E-state index contributed by atoms with van der Waals surface area (Å²) in [6.07, 6.45) is 0.0647. The third-order valence-electron chi connectivity index (χ3n) is 0.982. The summed E-state index contributed by atoms with van der Waals surface area (Å²) in [4.78, 5) is 10.8. The van der Waals surface area contributed by atoms with Crippen molar-refractivity contribution in [3.63, 3.8) is 0 Å². The largest absolute Gasteiger partial charge is 0.395 e. The number of rotatable bonds is 5. The molecule has 0 aromatic carbocycles. The van der Waals surface area contributed by atoms with Crippen LogP contribution in [0.1, 0.15) is 13.8 Å². The molecular formula is C7H15NO3. The van der Waals surface area contributed by atoms with E-state index in [1.165, 1.54) is 0 Å². The van der Waals surface area contributed by atoms with E-state index in [1.807, 2.05) is 13.8 Å². The first-order chi connectivity index (χ1) is 5.16. The van der Waals surface area contributed by atoms with Crippen molar-refractivity contribution in [3.05, 3.63) is 0 Å². The summed E-state index contributed by atoms with van der Waals surface area (Å²) in [5, 5.41) is 10.8. The molecule has 0 aliphatic rings. The Hall–Kier alpha value is -0.610. The van der Waals surface area contributed by atoms with Crippen LogP contribution in [-0.4, -0.2) is 36.9 Å². The second-order valence-electron chi connectivity index (χ2n) is 2.43. The molecule has 1 amide bonds. The van der Waals surface area contributed by atoms with Crippen molar-refractivity contribution in [3.8, 4) is 0 Å². The Kier molecular flexibility index (Phi) is 5.78. The quantitative estimate of drug-likeness (QED) is 0.572. The number of nitrogens with one attached hydrogen (secondary N) is 1. The number of hydrogen-bond acceptors (Lipinski definition) is 3. The van der Waals surface area contributed by atoms with Gasteiger partial charge < -0.3 is 15.2 Å². The standard InChI is InChI=1S/C7H15NO3/c1-6(2)11-5-7(10)8-3-4-9/h6,9H,3-5H2,1-2H3,(H,8,10). The summed E-state index contributed by atoms with van der Waals surface area (Å²) in [5.74, 6) is -0.187. The van der Waals surface area contributed by atoms with Gasteiger partial charge >= 0.3 is 0 Å². The van der Waals surface area contributed by atoms with Crippen LogP contribution in [-0.2, 0) is 9.53 Å². The Labute approximate surface area is 66.5 Å². The van der Waals surface area contributed by atoms with Gasteiger partial charge in [0.05, 0.1) is 12.7 Å². The van der Waals surface area contributed by atoms with Crippen LogP contribution in [0, 0.1) is 0 Å². The molecule has 0 radical (unpaired) electrons. The van der Waals surface area contributed by atoms with E-state index < -0.39 is 0 Å². The van der Waals surface area contributed by atoms with E-state index in [4.69, 9.17) is 9.84 Å². The van der Waals surface area contributed by atoms with Gasteiger partial charge in [-0.3, -0.25) is 4.79 Å². The minimum Gasteiger partial charge on any atom is -0.395 e. The van der Waals surface area contributed by atoms with Crippen molar-refractivity contribution in [2.75, 3.05) is 19.8 Å². The van der Waals surface area contributed by atoms with Crippen LogP contribution in [0.5, 0.6) is 0 Å². The van der Waals surface area contributed by atoms with Gasteiger partial charge in [-0.2, -0.15) is 0 Å². The van der Waals surface area contributed by atoms with Crippen molar-refractivity contribution >= 4 is 5.91 Å². The van der Waals surface area contributed by atoms with Crippen molar-refractivity contribution in [1.82, 2.24) is 5.32 Å². The van der Waals surface area contributed by atoms with Crippen molar-refractivity contribution in [1.29, 1.82) is 0 Å². The molecule has 66 valence electrons. The smallest absolute Gasteiger partial charge is 0.246 e. The Morgan fingerprint density at radius 2 is 2.27 bits per heavy atom. The van der Waals surface area contributed by atoms with Crippen LogP contribution in [0.25, 0.3) is 0 Å². The summed E-state index contributed by atoms with van der Waals surface area (Å²) >= 11 is 0. The number of hydrogen-bond donors (Lipinski definition) is 2. The van der Waals surface area contributed by atoms with Crippen molar-refractivity contribution in [2.24, 2.45) is 0 Å². The summed E-state index contributed by atoms with van der Waals surface area (Å²) in [7, 11) is 0. The highest BCUT2D eigenvalue weighted by Gasteiger charge is 2.00. The lowest BCUT2D eigenvalue weighted by molar-refractivity contribution is -0.127. The second kappa shape index (κ2) is 6.12. The second-order valence-corrected chi connectivity index (χ2v) is 2.43. The molecular weight excluding hydrogens is 146 g/mol. The number of aliphatic hydroxyl groups excluding tert-OH is 1. The van der Waals surface area contributed by atoms with Crippen LogP contribution < -0.4 is 5.32 Å². The normalized spacial score (nSPS) is 10.2. The van der Waals surface area contributed by atoms with E-state index in [2.05, 4.69) is 5.32 Å². The van der Waals surface area contributed by atoms with Crippen molar-refractivity contribution < 1.29 is 14.6 Å². The molecule has 0 rings (SSSR count). The Morgan fingerprint density at radius 3 is 2.73 bits per heavy atom. The lowest BCUT2D eigenvalue weighted by Gasteiger charge is -2.06. The number of carbonyl (C=O) groups excluding carboxylic acids is 1. The fraction of sp³-hybridized carbons (Fsp3) is 0.857. The minimum absolute atomic E-state index is 0.0343. The monoisotopic (exact) mass is 161 g/mol. The van der Waals surface area contributed by atoms with Crippen LogP contribution in [0.15, 0.2) is 0 Å². The van der Waals surface area contributed by atoms with Gasteiger partial charge in [0, 0.05) is 6.54 Å². The van der Waals surface area contributed by atoms with E-state index >= 15 is 0 Å². The average molecular weight is 161 g/mol. The van der Waals surface area contributed by atoms with E-state index in [-0.39, 0.29) is 25.2 Å². The molecule has 4 heteroatoms. The molecule has 0 fully saturated rings. The van der Waals surface area contributed by atoms with E-state index in [0.29, 0.717) is 6.54 Å². The van der Waals surface area contributed by atoms with Crippen LogP contribution in [0.3, 0.4) is 0 Å². The lowest BCUT2D eigenvalue weighted by atomic mass is 10.5. The molecule has 0 atom stereocenters. The predicted octanol–water partition coefficient (Wildman–Crippen LogP) is -0.480. The summed E-state index contributed by atoms with van der Waals surface area (Å²) in [6, 6.07) is 0. The number of carbonyl (C=O) groups is 1. The molecule has 0 heterocycles. The minimum atomic E-state index is -0.187. The van der Waals surface area contributed by atoms with Crippen LogP contribution in [0.2, 0.25) is 0 Å². The van der Waals surface area contributed by atoms with Gasteiger partial charge in [0.15, 0.2) is 0 Å². The molecule has 0 aromatic rings. The summed E-state index contributed by atoms with van der Waals surface area (Å²) in [6.45, 7) is 4.05. The molecule has 0 bridgehead atoms. The number of ether oxygens (including phenoxy) is 1. The fourth-order valence-electron chi connectivity index (χ4n) is 0.489. The third-order valence-corrected chi connectivity index (χ3v) is 0.982. The molecule has 4 nitrogen and oxygen atoms in total. The number of amides is 1. The SMILES string of the molecule is CC(C)OCC(=O)NCCO. The van der Waals surface area contributed by atoms with Gasteiger partial charge in [0.2, 0.25) is 5.91 Å². The zero-order valence-electron chi connectivity index (χ0n) is 6.96. The van der Waals surface area contributed by atoms with E-state index in [0.717, 1.165) is 0 Å².